The lowest BCUT2D eigenvalue weighted by atomic mass is 9.99. The standard InChI is InChI=1S/C18H25ClN6O/c1-3-20-8-9-21-18(26)14-10-24(11-14)12-17-13(2)22-25(23-17)16-6-4-15(19)5-7-16/h4-7,14,20H,3,8-12H2,1-2H3,(H,21,26). The number of hydrogen-bond donors (Lipinski definition) is 2. The number of rotatable bonds is 8. The van der Waals surface area contributed by atoms with Gasteiger partial charge >= 0.3 is 0 Å². The van der Waals surface area contributed by atoms with Crippen molar-refractivity contribution in [2.24, 2.45) is 5.92 Å². The van der Waals surface area contributed by atoms with Crippen LogP contribution in [0.2, 0.25) is 5.02 Å². The normalized spacial score (nSPS) is 15.0. The molecule has 0 atom stereocenters. The number of carbonyl (C=O) groups excluding carboxylic acids is 1. The van der Waals surface area contributed by atoms with Crippen LogP contribution in [-0.4, -0.2) is 58.5 Å². The Morgan fingerprint density at radius 1 is 1.23 bits per heavy atom. The van der Waals surface area contributed by atoms with E-state index in [1.54, 1.807) is 4.80 Å². The van der Waals surface area contributed by atoms with E-state index >= 15 is 0 Å². The highest BCUT2D eigenvalue weighted by molar-refractivity contribution is 6.30. The zero-order valence-electron chi connectivity index (χ0n) is 15.2. The first kappa shape index (κ1) is 18.8. The number of aromatic nitrogens is 3. The maximum atomic E-state index is 12.1. The second kappa shape index (κ2) is 8.62. The molecule has 1 aliphatic heterocycles. The smallest absolute Gasteiger partial charge is 0.225 e. The Morgan fingerprint density at radius 2 is 1.96 bits per heavy atom. The quantitative estimate of drug-likeness (QED) is 0.681. The zero-order valence-corrected chi connectivity index (χ0v) is 16.0. The molecule has 1 aromatic carbocycles. The van der Waals surface area contributed by atoms with Crippen molar-refractivity contribution in [2.75, 3.05) is 32.7 Å². The highest BCUT2D eigenvalue weighted by Crippen LogP contribution is 2.20. The average molecular weight is 377 g/mol. The molecule has 0 bridgehead atoms. The molecular formula is C18H25ClN6O. The third-order valence-corrected chi connectivity index (χ3v) is 4.74. The molecule has 2 N–H and O–H groups in total. The summed E-state index contributed by atoms with van der Waals surface area (Å²) >= 11 is 5.92. The predicted octanol–water partition coefficient (Wildman–Crippen LogP) is 1.39. The van der Waals surface area contributed by atoms with E-state index in [-0.39, 0.29) is 11.8 Å². The maximum absolute atomic E-state index is 12.1. The number of halogens is 1. The number of likely N-dealkylation sites (N-methyl/N-ethyl adjacent to an activating group) is 1. The lowest BCUT2D eigenvalue weighted by molar-refractivity contribution is -0.130. The molecule has 0 aliphatic carbocycles. The van der Waals surface area contributed by atoms with E-state index in [1.807, 2.05) is 31.2 Å². The van der Waals surface area contributed by atoms with Gasteiger partial charge in [0.15, 0.2) is 0 Å². The van der Waals surface area contributed by atoms with Gasteiger partial charge in [0.2, 0.25) is 5.91 Å². The first-order valence-corrected chi connectivity index (χ1v) is 9.34. The van der Waals surface area contributed by atoms with Crippen LogP contribution in [0.3, 0.4) is 0 Å². The number of nitrogens with one attached hydrogen (secondary N) is 2. The summed E-state index contributed by atoms with van der Waals surface area (Å²) in [6.45, 7) is 8.66. The molecular weight excluding hydrogens is 352 g/mol. The minimum atomic E-state index is 0.0724. The largest absolute Gasteiger partial charge is 0.355 e. The summed E-state index contributed by atoms with van der Waals surface area (Å²) in [6.07, 6.45) is 0. The first-order chi connectivity index (χ1) is 12.6. The van der Waals surface area contributed by atoms with Crippen LogP contribution < -0.4 is 10.6 Å². The number of nitrogens with zero attached hydrogens (tertiary/aromatic N) is 4. The topological polar surface area (TPSA) is 75.1 Å². The fourth-order valence-corrected chi connectivity index (χ4v) is 3.04. The Morgan fingerprint density at radius 3 is 2.65 bits per heavy atom. The molecule has 26 heavy (non-hydrogen) atoms. The van der Waals surface area contributed by atoms with Gasteiger partial charge in [-0.15, -0.1) is 0 Å². The molecule has 1 aliphatic rings. The van der Waals surface area contributed by atoms with Gasteiger partial charge in [-0.25, -0.2) is 0 Å². The summed E-state index contributed by atoms with van der Waals surface area (Å²) in [4.78, 5) is 15.9. The molecule has 3 rings (SSSR count). The van der Waals surface area contributed by atoms with Crippen LogP contribution in [-0.2, 0) is 11.3 Å². The minimum absolute atomic E-state index is 0.0724. The Labute approximate surface area is 158 Å². The van der Waals surface area contributed by atoms with Gasteiger partial charge in [-0.05, 0) is 37.7 Å². The molecule has 1 saturated heterocycles. The molecule has 1 amide bonds. The molecule has 0 saturated carbocycles. The van der Waals surface area contributed by atoms with E-state index in [2.05, 4.69) is 32.7 Å². The molecule has 0 radical (unpaired) electrons. The molecule has 140 valence electrons. The van der Waals surface area contributed by atoms with Crippen molar-refractivity contribution in [3.63, 3.8) is 0 Å². The van der Waals surface area contributed by atoms with E-state index in [4.69, 9.17) is 11.6 Å². The number of benzene rings is 1. The summed E-state index contributed by atoms with van der Waals surface area (Å²) in [5.41, 5.74) is 2.72. The van der Waals surface area contributed by atoms with E-state index < -0.39 is 0 Å². The van der Waals surface area contributed by atoms with Gasteiger partial charge in [0.1, 0.15) is 5.69 Å². The summed E-state index contributed by atoms with van der Waals surface area (Å²) in [7, 11) is 0. The van der Waals surface area contributed by atoms with Gasteiger partial charge in [0.05, 0.1) is 17.3 Å². The van der Waals surface area contributed by atoms with Crippen molar-refractivity contribution in [3.8, 4) is 5.69 Å². The van der Waals surface area contributed by atoms with Crippen LogP contribution in [0.15, 0.2) is 24.3 Å². The Balaban J connectivity index is 1.49. The van der Waals surface area contributed by atoms with Crippen LogP contribution in [0, 0.1) is 12.8 Å². The summed E-state index contributed by atoms with van der Waals surface area (Å²) in [6, 6.07) is 7.43. The molecule has 7 nitrogen and oxygen atoms in total. The lowest BCUT2D eigenvalue weighted by Gasteiger charge is -2.37. The van der Waals surface area contributed by atoms with Crippen molar-refractivity contribution >= 4 is 17.5 Å². The Kier molecular flexibility index (Phi) is 6.24. The molecule has 1 aromatic heterocycles. The zero-order chi connectivity index (χ0) is 18.5. The van der Waals surface area contributed by atoms with Gasteiger partial charge in [-0.3, -0.25) is 9.69 Å². The highest BCUT2D eigenvalue weighted by atomic mass is 35.5. The van der Waals surface area contributed by atoms with E-state index in [0.29, 0.717) is 18.1 Å². The number of aryl methyl sites for hydroxylation is 1. The van der Waals surface area contributed by atoms with E-state index in [0.717, 1.165) is 43.3 Å². The fraction of sp³-hybridized carbons (Fsp3) is 0.500. The number of amides is 1. The summed E-state index contributed by atoms with van der Waals surface area (Å²) in [5, 5.41) is 15.9. The second-order valence-electron chi connectivity index (χ2n) is 6.53. The van der Waals surface area contributed by atoms with Crippen LogP contribution in [0.1, 0.15) is 18.3 Å². The van der Waals surface area contributed by atoms with Crippen LogP contribution in [0.25, 0.3) is 5.69 Å². The van der Waals surface area contributed by atoms with Gasteiger partial charge < -0.3 is 10.6 Å². The van der Waals surface area contributed by atoms with Crippen LogP contribution >= 0.6 is 11.6 Å². The third kappa shape index (κ3) is 4.60. The van der Waals surface area contributed by atoms with Gasteiger partial charge in [0.25, 0.3) is 0 Å². The van der Waals surface area contributed by atoms with E-state index in [1.165, 1.54) is 0 Å². The third-order valence-electron chi connectivity index (χ3n) is 4.49. The van der Waals surface area contributed by atoms with Crippen LogP contribution in [0.4, 0.5) is 0 Å². The van der Waals surface area contributed by atoms with Crippen molar-refractivity contribution in [3.05, 3.63) is 40.7 Å². The van der Waals surface area contributed by atoms with Crippen molar-refractivity contribution in [2.45, 2.75) is 20.4 Å². The lowest BCUT2D eigenvalue weighted by Crippen LogP contribution is -2.53. The summed E-state index contributed by atoms with van der Waals surface area (Å²) in [5.74, 6) is 0.212. The fourth-order valence-electron chi connectivity index (χ4n) is 2.92. The van der Waals surface area contributed by atoms with Gasteiger partial charge in [-0.1, -0.05) is 18.5 Å². The van der Waals surface area contributed by atoms with Crippen LogP contribution in [0.5, 0.6) is 0 Å². The first-order valence-electron chi connectivity index (χ1n) is 8.96. The van der Waals surface area contributed by atoms with Crippen molar-refractivity contribution < 1.29 is 4.79 Å². The average Bonchev–Trinajstić information content (AvgIpc) is 2.95. The maximum Gasteiger partial charge on any atom is 0.225 e. The van der Waals surface area contributed by atoms with Gasteiger partial charge in [-0.2, -0.15) is 15.0 Å². The number of likely N-dealkylation sites (tertiary alicyclic amines) is 1. The molecule has 0 unspecified atom stereocenters. The Bertz CT molecular complexity index is 739. The SMILES string of the molecule is CCNCCNC(=O)C1CN(Cc2nn(-c3ccc(Cl)cc3)nc2C)C1. The molecule has 2 aromatic rings. The molecule has 2 heterocycles. The highest BCUT2D eigenvalue weighted by Gasteiger charge is 2.33. The minimum Gasteiger partial charge on any atom is -0.355 e. The molecule has 8 heteroatoms. The number of hydrogen-bond acceptors (Lipinski definition) is 5. The second-order valence-corrected chi connectivity index (χ2v) is 6.97. The summed E-state index contributed by atoms with van der Waals surface area (Å²) < 4.78 is 0. The molecule has 0 spiro atoms. The molecule has 1 fully saturated rings. The van der Waals surface area contributed by atoms with Gasteiger partial charge in [0, 0.05) is 37.7 Å². The van der Waals surface area contributed by atoms with E-state index in [9.17, 15) is 4.79 Å². The van der Waals surface area contributed by atoms with Crippen molar-refractivity contribution in [1.82, 2.24) is 30.5 Å². The Hall–Kier alpha value is -1.96. The number of carbonyl (C=O) groups is 1. The monoisotopic (exact) mass is 376 g/mol. The van der Waals surface area contributed by atoms with Crippen molar-refractivity contribution in [1.29, 1.82) is 0 Å². The predicted molar refractivity (Wildman–Crippen MR) is 101 cm³/mol.